The lowest BCUT2D eigenvalue weighted by Crippen LogP contribution is -2.41. The van der Waals surface area contributed by atoms with Gasteiger partial charge in [0.15, 0.2) is 0 Å². The molecule has 2 saturated heterocycles. The van der Waals surface area contributed by atoms with Gasteiger partial charge in [-0.05, 0) is 48.9 Å². The highest BCUT2D eigenvalue weighted by atomic mass is 35.5. The molecule has 0 N–H and O–H groups in total. The topological polar surface area (TPSA) is 40.6 Å². The van der Waals surface area contributed by atoms with Crippen LogP contribution in [-0.4, -0.2) is 35.8 Å². The number of benzene rings is 1. The first-order chi connectivity index (χ1) is 11.1. The molecule has 2 amide bonds. The van der Waals surface area contributed by atoms with E-state index in [9.17, 15) is 9.59 Å². The fraction of sp³-hybridized carbons (Fsp3) is 0.556. The van der Waals surface area contributed by atoms with E-state index in [-0.39, 0.29) is 17.9 Å². The average Bonchev–Trinajstić information content (AvgIpc) is 3.09. The number of fused-ring (bicyclic) bond motifs is 1. The summed E-state index contributed by atoms with van der Waals surface area (Å²) in [4.78, 5) is 28.8. The summed E-state index contributed by atoms with van der Waals surface area (Å²) >= 11 is 5.90. The number of hydrogen-bond donors (Lipinski definition) is 0. The summed E-state index contributed by atoms with van der Waals surface area (Å²) < 4.78 is 0. The molecule has 3 fully saturated rings. The molecule has 1 aromatic rings. The van der Waals surface area contributed by atoms with Gasteiger partial charge in [-0.2, -0.15) is 0 Å². The van der Waals surface area contributed by atoms with Gasteiger partial charge in [-0.3, -0.25) is 14.5 Å². The number of halogens is 1. The highest BCUT2D eigenvalue weighted by Gasteiger charge is 2.46. The lowest BCUT2D eigenvalue weighted by atomic mass is 9.82. The van der Waals surface area contributed by atoms with Gasteiger partial charge in [-0.25, -0.2) is 4.90 Å². The Hall–Kier alpha value is -1.39. The summed E-state index contributed by atoms with van der Waals surface area (Å²) in [6.07, 6.45) is 5.47. The maximum Gasteiger partial charge on any atom is 0.251 e. The molecule has 1 saturated carbocycles. The van der Waals surface area contributed by atoms with Gasteiger partial charge in [0.2, 0.25) is 5.91 Å². The zero-order valence-corrected chi connectivity index (χ0v) is 13.8. The molecule has 0 spiro atoms. The molecule has 0 bridgehead atoms. The van der Waals surface area contributed by atoms with Gasteiger partial charge in [0.1, 0.15) is 0 Å². The van der Waals surface area contributed by atoms with Crippen LogP contribution in [0.5, 0.6) is 0 Å². The minimum Gasteiger partial charge on any atom is -0.291 e. The third-order valence-corrected chi connectivity index (χ3v) is 5.90. The van der Waals surface area contributed by atoms with E-state index in [4.69, 9.17) is 11.6 Å². The van der Waals surface area contributed by atoms with Crippen LogP contribution >= 0.6 is 11.6 Å². The summed E-state index contributed by atoms with van der Waals surface area (Å²) in [5.74, 6) is 1.26. The molecule has 1 aliphatic carbocycles. The zero-order valence-electron chi connectivity index (χ0n) is 13.1. The molecule has 3 atom stereocenters. The van der Waals surface area contributed by atoms with Crippen molar-refractivity contribution in [3.8, 4) is 0 Å². The van der Waals surface area contributed by atoms with Crippen LogP contribution in [0.15, 0.2) is 24.3 Å². The van der Waals surface area contributed by atoms with Crippen molar-refractivity contribution in [2.24, 2.45) is 11.8 Å². The van der Waals surface area contributed by atoms with Crippen LogP contribution in [0.3, 0.4) is 0 Å². The second-order valence-corrected chi connectivity index (χ2v) is 7.46. The first kappa shape index (κ1) is 15.2. The Balaban J connectivity index is 1.52. The molecule has 2 aliphatic heterocycles. The van der Waals surface area contributed by atoms with Crippen LogP contribution in [0.4, 0.5) is 5.69 Å². The maximum absolute atomic E-state index is 12.8. The third-order valence-electron chi connectivity index (χ3n) is 5.65. The minimum atomic E-state index is -0.274. The predicted octanol–water partition coefficient (Wildman–Crippen LogP) is 3.09. The van der Waals surface area contributed by atoms with Gasteiger partial charge in [0.05, 0.1) is 18.2 Å². The van der Waals surface area contributed by atoms with Gasteiger partial charge in [-0.15, -0.1) is 0 Å². The fourth-order valence-corrected chi connectivity index (χ4v) is 4.59. The molecule has 5 heteroatoms. The van der Waals surface area contributed by atoms with Crippen molar-refractivity contribution in [3.05, 3.63) is 29.3 Å². The Kier molecular flexibility index (Phi) is 3.90. The van der Waals surface area contributed by atoms with Crippen molar-refractivity contribution in [1.29, 1.82) is 0 Å². The van der Waals surface area contributed by atoms with E-state index in [1.54, 1.807) is 24.3 Å². The van der Waals surface area contributed by atoms with Gasteiger partial charge in [-0.1, -0.05) is 24.4 Å². The van der Waals surface area contributed by atoms with Crippen LogP contribution in [0.1, 0.15) is 32.1 Å². The zero-order chi connectivity index (χ0) is 16.0. The number of imide groups is 1. The Morgan fingerprint density at radius 1 is 0.957 bits per heavy atom. The van der Waals surface area contributed by atoms with Gasteiger partial charge < -0.3 is 0 Å². The molecule has 23 heavy (non-hydrogen) atoms. The van der Waals surface area contributed by atoms with Crippen LogP contribution in [0.25, 0.3) is 0 Å². The summed E-state index contributed by atoms with van der Waals surface area (Å²) in [5.41, 5.74) is 0.628. The van der Waals surface area contributed by atoms with E-state index in [2.05, 4.69) is 4.90 Å². The third kappa shape index (κ3) is 2.68. The smallest absolute Gasteiger partial charge is 0.251 e. The van der Waals surface area contributed by atoms with Crippen molar-refractivity contribution in [2.45, 2.75) is 38.1 Å². The molecule has 4 rings (SSSR count). The number of nitrogens with zero attached hydrogens (tertiary/aromatic N) is 2. The number of anilines is 1. The lowest BCUT2D eigenvalue weighted by molar-refractivity contribution is -0.122. The Bertz CT molecular complexity index is 616. The average molecular weight is 333 g/mol. The Morgan fingerprint density at radius 3 is 2.17 bits per heavy atom. The van der Waals surface area contributed by atoms with E-state index in [1.165, 1.54) is 30.6 Å². The molecule has 2 heterocycles. The number of carbonyl (C=O) groups is 2. The van der Waals surface area contributed by atoms with Gasteiger partial charge in [0, 0.05) is 18.1 Å². The van der Waals surface area contributed by atoms with E-state index in [0.717, 1.165) is 24.9 Å². The minimum absolute atomic E-state index is 0.0732. The first-order valence-corrected chi connectivity index (χ1v) is 8.87. The standard InChI is InChI=1S/C18H21ClN2O2/c19-14-5-7-15(8-6-14)21-17(22)9-16(18(21)23)20-10-12-3-1-2-4-13(12)11-20/h5-8,12-13,16H,1-4,9-11H2/t12-,13+,16-/m1/s1. The number of carbonyl (C=O) groups excluding carboxylic acids is 2. The molecular weight excluding hydrogens is 312 g/mol. The van der Waals surface area contributed by atoms with E-state index in [1.807, 2.05) is 0 Å². The van der Waals surface area contributed by atoms with Crippen LogP contribution in [0.2, 0.25) is 5.02 Å². The molecule has 0 radical (unpaired) electrons. The summed E-state index contributed by atoms with van der Waals surface area (Å²) in [6, 6.07) is 6.64. The second-order valence-electron chi connectivity index (χ2n) is 7.02. The summed E-state index contributed by atoms with van der Waals surface area (Å²) in [7, 11) is 0. The highest BCUT2D eigenvalue weighted by molar-refractivity contribution is 6.30. The van der Waals surface area contributed by atoms with Crippen molar-refractivity contribution < 1.29 is 9.59 Å². The van der Waals surface area contributed by atoms with E-state index in [0.29, 0.717) is 17.1 Å². The van der Waals surface area contributed by atoms with Crippen molar-refractivity contribution in [3.63, 3.8) is 0 Å². The Morgan fingerprint density at radius 2 is 1.57 bits per heavy atom. The number of hydrogen-bond acceptors (Lipinski definition) is 3. The molecule has 122 valence electrons. The van der Waals surface area contributed by atoms with Crippen LogP contribution in [0, 0.1) is 11.8 Å². The largest absolute Gasteiger partial charge is 0.291 e. The van der Waals surface area contributed by atoms with Crippen LogP contribution < -0.4 is 4.90 Å². The van der Waals surface area contributed by atoms with Crippen molar-refractivity contribution >= 4 is 29.1 Å². The quantitative estimate of drug-likeness (QED) is 0.781. The normalized spacial score (nSPS) is 31.7. The maximum atomic E-state index is 12.8. The van der Waals surface area contributed by atoms with Crippen molar-refractivity contribution in [2.75, 3.05) is 18.0 Å². The highest BCUT2D eigenvalue weighted by Crippen LogP contribution is 2.38. The van der Waals surface area contributed by atoms with Crippen LogP contribution in [-0.2, 0) is 9.59 Å². The summed E-state index contributed by atoms with van der Waals surface area (Å²) in [6.45, 7) is 1.95. The number of amides is 2. The molecule has 0 unspecified atom stereocenters. The number of rotatable bonds is 2. The molecule has 0 aromatic heterocycles. The fourth-order valence-electron chi connectivity index (χ4n) is 4.46. The molecule has 3 aliphatic rings. The molecule has 4 nitrogen and oxygen atoms in total. The van der Waals surface area contributed by atoms with Gasteiger partial charge >= 0.3 is 0 Å². The second kappa shape index (κ2) is 5.91. The SMILES string of the molecule is O=C1C[C@@H](N2C[C@H]3CCCC[C@H]3C2)C(=O)N1c1ccc(Cl)cc1. The molecule has 1 aromatic carbocycles. The predicted molar refractivity (Wildman–Crippen MR) is 89.4 cm³/mol. The Labute approximate surface area is 141 Å². The lowest BCUT2D eigenvalue weighted by Gasteiger charge is -2.23. The van der Waals surface area contributed by atoms with E-state index >= 15 is 0 Å². The van der Waals surface area contributed by atoms with Crippen molar-refractivity contribution in [1.82, 2.24) is 4.90 Å². The first-order valence-electron chi connectivity index (χ1n) is 8.50. The van der Waals surface area contributed by atoms with Gasteiger partial charge in [0.25, 0.3) is 5.91 Å². The van der Waals surface area contributed by atoms with E-state index < -0.39 is 0 Å². The summed E-state index contributed by atoms with van der Waals surface area (Å²) in [5, 5.41) is 0.605. The monoisotopic (exact) mass is 332 g/mol. The number of likely N-dealkylation sites (tertiary alicyclic amines) is 1. The molecular formula is C18H21ClN2O2.